The summed E-state index contributed by atoms with van der Waals surface area (Å²) in [7, 11) is 3.61. The van der Waals surface area contributed by atoms with Gasteiger partial charge in [-0.15, -0.1) is 0 Å². The maximum Gasteiger partial charge on any atom is 0.246 e. The molecule has 8 heteroatoms. The number of hydrogen-bond acceptors (Lipinski definition) is 5. The Labute approximate surface area is 137 Å². The molecule has 0 unspecified atom stereocenters. The third-order valence-electron chi connectivity index (χ3n) is 3.42. The molecule has 1 N–H and O–H groups in total. The molecule has 118 valence electrons. The summed E-state index contributed by atoms with van der Waals surface area (Å²) < 4.78 is 1.81. The minimum absolute atomic E-state index is 0.142. The topological polar surface area (TPSA) is 75.9 Å². The van der Waals surface area contributed by atoms with Gasteiger partial charge in [-0.1, -0.05) is 11.6 Å². The van der Waals surface area contributed by atoms with Crippen molar-refractivity contribution in [2.45, 2.75) is 0 Å². The van der Waals surface area contributed by atoms with E-state index >= 15 is 0 Å². The van der Waals surface area contributed by atoms with Crippen molar-refractivity contribution in [3.63, 3.8) is 0 Å². The molecule has 7 nitrogen and oxygen atoms in total. The number of nitrogens with zero attached hydrogens (tertiary/aromatic N) is 5. The summed E-state index contributed by atoms with van der Waals surface area (Å²) in [6, 6.07) is 5.42. The van der Waals surface area contributed by atoms with Gasteiger partial charge in [0.05, 0.1) is 23.8 Å². The summed E-state index contributed by atoms with van der Waals surface area (Å²) >= 11 is 5.97. The Morgan fingerprint density at radius 2 is 2.22 bits per heavy atom. The fourth-order valence-corrected chi connectivity index (χ4v) is 2.40. The SMILES string of the molecule is CN(CC(=O)Nc1nc2cc(Cl)ccc2n1C)c1cnccn1. The van der Waals surface area contributed by atoms with Crippen LogP contribution in [0, 0.1) is 0 Å². The second-order valence-electron chi connectivity index (χ2n) is 5.10. The number of carbonyl (C=O) groups is 1. The van der Waals surface area contributed by atoms with Gasteiger partial charge < -0.3 is 9.47 Å². The van der Waals surface area contributed by atoms with E-state index in [1.165, 1.54) is 0 Å². The van der Waals surface area contributed by atoms with E-state index in [4.69, 9.17) is 11.6 Å². The first kappa shape index (κ1) is 15.2. The van der Waals surface area contributed by atoms with E-state index in [0.29, 0.717) is 16.8 Å². The quantitative estimate of drug-likeness (QED) is 0.792. The van der Waals surface area contributed by atoms with Crippen molar-refractivity contribution in [2.75, 3.05) is 23.8 Å². The molecular formula is C15H15ClN6O. The van der Waals surface area contributed by atoms with Crippen LogP contribution in [0.2, 0.25) is 5.02 Å². The molecule has 3 rings (SSSR count). The zero-order valence-corrected chi connectivity index (χ0v) is 13.4. The number of rotatable bonds is 4. The van der Waals surface area contributed by atoms with E-state index < -0.39 is 0 Å². The zero-order valence-electron chi connectivity index (χ0n) is 12.7. The molecule has 2 aromatic heterocycles. The molecule has 0 bridgehead atoms. The van der Waals surface area contributed by atoms with Crippen LogP contribution in [0.3, 0.4) is 0 Å². The number of carbonyl (C=O) groups excluding carboxylic acids is 1. The Bertz CT molecular complexity index is 848. The fraction of sp³-hybridized carbons (Fsp3) is 0.200. The van der Waals surface area contributed by atoms with Crippen LogP contribution < -0.4 is 10.2 Å². The van der Waals surface area contributed by atoms with E-state index in [0.717, 1.165) is 11.0 Å². The summed E-state index contributed by atoms with van der Waals surface area (Å²) in [5.74, 6) is 0.905. The van der Waals surface area contributed by atoms with Gasteiger partial charge >= 0.3 is 0 Å². The molecule has 0 aliphatic carbocycles. The molecule has 3 aromatic rings. The highest BCUT2D eigenvalue weighted by Gasteiger charge is 2.13. The first-order chi connectivity index (χ1) is 11.0. The van der Waals surface area contributed by atoms with Crippen LogP contribution in [0.1, 0.15) is 0 Å². The normalized spacial score (nSPS) is 10.7. The molecule has 0 spiro atoms. The Morgan fingerprint density at radius 3 is 2.96 bits per heavy atom. The van der Waals surface area contributed by atoms with E-state index in [1.807, 2.05) is 17.7 Å². The van der Waals surface area contributed by atoms with Gasteiger partial charge in [0.2, 0.25) is 11.9 Å². The third kappa shape index (κ3) is 3.24. The maximum atomic E-state index is 12.2. The summed E-state index contributed by atoms with van der Waals surface area (Å²) in [5, 5.41) is 3.41. The van der Waals surface area contributed by atoms with Crippen molar-refractivity contribution in [1.82, 2.24) is 19.5 Å². The molecule has 1 amide bonds. The average Bonchev–Trinajstić information content (AvgIpc) is 2.83. The summed E-state index contributed by atoms with van der Waals surface area (Å²) in [6.07, 6.45) is 4.77. The Balaban J connectivity index is 1.74. The molecule has 0 aliphatic heterocycles. The van der Waals surface area contributed by atoms with Crippen LogP contribution in [0.4, 0.5) is 11.8 Å². The smallest absolute Gasteiger partial charge is 0.246 e. The number of imidazole rings is 1. The molecule has 0 saturated carbocycles. The first-order valence-corrected chi connectivity index (χ1v) is 7.31. The lowest BCUT2D eigenvalue weighted by molar-refractivity contribution is -0.115. The highest BCUT2D eigenvalue weighted by Crippen LogP contribution is 2.21. The standard InChI is InChI=1S/C15H15ClN6O/c1-21(13-8-17-5-6-18-13)9-14(23)20-15-19-11-7-10(16)3-4-12(11)22(15)2/h3-8H,9H2,1-2H3,(H,19,20,23). The lowest BCUT2D eigenvalue weighted by Crippen LogP contribution is -2.31. The minimum atomic E-state index is -0.192. The fourth-order valence-electron chi connectivity index (χ4n) is 2.23. The number of aryl methyl sites for hydroxylation is 1. The van der Waals surface area contributed by atoms with E-state index in [-0.39, 0.29) is 12.5 Å². The van der Waals surface area contributed by atoms with Crippen molar-refractivity contribution >= 4 is 40.3 Å². The van der Waals surface area contributed by atoms with Crippen LogP contribution in [0.25, 0.3) is 11.0 Å². The van der Waals surface area contributed by atoms with Gasteiger partial charge in [-0.3, -0.25) is 15.1 Å². The zero-order chi connectivity index (χ0) is 16.4. The van der Waals surface area contributed by atoms with E-state index in [2.05, 4.69) is 20.3 Å². The molecule has 0 atom stereocenters. The highest BCUT2D eigenvalue weighted by atomic mass is 35.5. The number of benzene rings is 1. The Kier molecular flexibility index (Phi) is 4.12. The molecular weight excluding hydrogens is 316 g/mol. The molecule has 0 aliphatic rings. The van der Waals surface area contributed by atoms with Crippen molar-refractivity contribution < 1.29 is 4.79 Å². The average molecular weight is 331 g/mol. The Hall–Kier alpha value is -2.67. The summed E-state index contributed by atoms with van der Waals surface area (Å²) in [4.78, 5) is 26.4. The molecule has 2 heterocycles. The van der Waals surface area contributed by atoms with Crippen LogP contribution >= 0.6 is 11.6 Å². The maximum absolute atomic E-state index is 12.2. The minimum Gasteiger partial charge on any atom is -0.349 e. The molecule has 0 saturated heterocycles. The number of likely N-dealkylation sites (N-methyl/N-ethyl adjacent to an activating group) is 1. The van der Waals surface area contributed by atoms with Gasteiger partial charge in [0.25, 0.3) is 0 Å². The van der Waals surface area contributed by atoms with E-state index in [9.17, 15) is 4.79 Å². The van der Waals surface area contributed by atoms with Crippen molar-refractivity contribution in [3.05, 3.63) is 41.8 Å². The van der Waals surface area contributed by atoms with Crippen LogP contribution in [-0.4, -0.2) is 39.0 Å². The summed E-state index contributed by atoms with van der Waals surface area (Å²) in [5.41, 5.74) is 1.63. The number of aromatic nitrogens is 4. The van der Waals surface area contributed by atoms with E-state index in [1.54, 1.807) is 42.7 Å². The van der Waals surface area contributed by atoms with Gasteiger partial charge in [0, 0.05) is 31.5 Å². The van der Waals surface area contributed by atoms with Crippen molar-refractivity contribution in [2.24, 2.45) is 7.05 Å². The predicted octanol–water partition coefficient (Wildman–Crippen LogP) is 2.09. The van der Waals surface area contributed by atoms with Crippen molar-refractivity contribution in [3.8, 4) is 0 Å². The Morgan fingerprint density at radius 1 is 1.39 bits per heavy atom. The molecule has 1 aromatic carbocycles. The largest absolute Gasteiger partial charge is 0.349 e. The van der Waals surface area contributed by atoms with Gasteiger partial charge in [0.15, 0.2) is 0 Å². The first-order valence-electron chi connectivity index (χ1n) is 6.93. The number of nitrogens with one attached hydrogen (secondary N) is 1. The highest BCUT2D eigenvalue weighted by molar-refractivity contribution is 6.31. The monoisotopic (exact) mass is 330 g/mol. The molecule has 0 fully saturated rings. The number of anilines is 2. The predicted molar refractivity (Wildman–Crippen MR) is 89.7 cm³/mol. The number of hydrogen-bond donors (Lipinski definition) is 1. The van der Waals surface area contributed by atoms with Gasteiger partial charge in [-0.25, -0.2) is 9.97 Å². The number of amides is 1. The number of halogens is 1. The second-order valence-corrected chi connectivity index (χ2v) is 5.53. The van der Waals surface area contributed by atoms with Gasteiger partial charge in [-0.2, -0.15) is 0 Å². The third-order valence-corrected chi connectivity index (χ3v) is 3.65. The van der Waals surface area contributed by atoms with Crippen molar-refractivity contribution in [1.29, 1.82) is 0 Å². The molecule has 23 heavy (non-hydrogen) atoms. The lowest BCUT2D eigenvalue weighted by atomic mass is 10.3. The van der Waals surface area contributed by atoms with Crippen LogP contribution in [-0.2, 0) is 11.8 Å². The molecule has 0 radical (unpaired) electrons. The van der Waals surface area contributed by atoms with Gasteiger partial charge in [0.1, 0.15) is 5.82 Å². The lowest BCUT2D eigenvalue weighted by Gasteiger charge is -2.16. The van der Waals surface area contributed by atoms with Crippen LogP contribution in [0.15, 0.2) is 36.8 Å². The second kappa shape index (κ2) is 6.21. The van der Waals surface area contributed by atoms with Gasteiger partial charge in [-0.05, 0) is 18.2 Å². The summed E-state index contributed by atoms with van der Waals surface area (Å²) in [6.45, 7) is 0.142. The van der Waals surface area contributed by atoms with Crippen LogP contribution in [0.5, 0.6) is 0 Å². The number of fused-ring (bicyclic) bond motifs is 1.